The second kappa shape index (κ2) is 10.9. The fourth-order valence-corrected chi connectivity index (χ4v) is 6.83. The summed E-state index contributed by atoms with van der Waals surface area (Å²) < 4.78 is 29.7. The van der Waals surface area contributed by atoms with Gasteiger partial charge >= 0.3 is 0 Å². The van der Waals surface area contributed by atoms with Gasteiger partial charge in [-0.3, -0.25) is 4.68 Å². The third kappa shape index (κ3) is 4.96. The van der Waals surface area contributed by atoms with E-state index in [1.165, 1.54) is 0 Å². The SMILES string of the molecule is Cc1ccc(S(=O)(=O)Nn2cc3c4ccccc4nc-3c(-c3ccccc3)c2C(c2ccccc2)c2ccccc2)cc1. The van der Waals surface area contributed by atoms with Crippen LogP contribution in [0.1, 0.15) is 28.3 Å². The first-order valence-electron chi connectivity index (χ1n) is 14.2. The van der Waals surface area contributed by atoms with Crippen molar-refractivity contribution in [3.8, 4) is 22.4 Å². The standard InChI is InChI=1S/C37H29N3O2S/c1-26-21-23-30(24-22-26)43(41,42)39-40-25-32-31-19-11-12-20-33(31)38-36(32)35(29-17-9-4-10-18-29)37(40)34(27-13-5-2-6-14-27)28-15-7-3-8-16-28/h2-25,34,39H,1H3. The maximum atomic E-state index is 14.0. The summed E-state index contributed by atoms with van der Waals surface area (Å²) in [6.07, 6.45) is 1.89. The van der Waals surface area contributed by atoms with Gasteiger partial charge in [0.2, 0.25) is 0 Å². The minimum Gasteiger partial charge on any atom is -0.256 e. The molecule has 5 aromatic rings. The van der Waals surface area contributed by atoms with Gasteiger partial charge in [0.1, 0.15) is 0 Å². The van der Waals surface area contributed by atoms with Crippen molar-refractivity contribution in [2.75, 3.05) is 4.83 Å². The molecule has 0 radical (unpaired) electrons. The second-order valence-electron chi connectivity index (χ2n) is 10.7. The van der Waals surface area contributed by atoms with E-state index in [2.05, 4.69) is 41.2 Å². The molecule has 0 aromatic heterocycles. The Bertz CT molecular complexity index is 2070. The van der Waals surface area contributed by atoms with Gasteiger partial charge in [-0.05, 0) is 41.8 Å². The minimum absolute atomic E-state index is 0.194. The number of para-hydroxylation sites is 1. The number of pyridine rings is 1. The molecular weight excluding hydrogens is 550 g/mol. The molecule has 0 amide bonds. The van der Waals surface area contributed by atoms with E-state index in [1.54, 1.807) is 16.8 Å². The molecule has 0 bridgehead atoms. The number of aromatic nitrogens is 2. The van der Waals surface area contributed by atoms with Crippen LogP contribution in [0.3, 0.4) is 0 Å². The zero-order valence-electron chi connectivity index (χ0n) is 23.6. The predicted molar refractivity (Wildman–Crippen MR) is 173 cm³/mol. The highest BCUT2D eigenvalue weighted by molar-refractivity contribution is 7.92. The van der Waals surface area contributed by atoms with Crippen molar-refractivity contribution in [3.63, 3.8) is 0 Å². The van der Waals surface area contributed by atoms with E-state index in [4.69, 9.17) is 4.98 Å². The average molecular weight is 580 g/mol. The van der Waals surface area contributed by atoms with E-state index in [9.17, 15) is 8.42 Å². The summed E-state index contributed by atoms with van der Waals surface area (Å²) in [5, 5.41) is 0.959. The Morgan fingerprint density at radius 3 is 1.86 bits per heavy atom. The predicted octanol–water partition coefficient (Wildman–Crippen LogP) is 8.23. The van der Waals surface area contributed by atoms with Crippen molar-refractivity contribution in [1.82, 2.24) is 9.66 Å². The molecule has 0 saturated carbocycles. The number of hydrogen-bond donors (Lipinski definition) is 1. The second-order valence-corrected chi connectivity index (χ2v) is 12.3. The summed E-state index contributed by atoms with van der Waals surface area (Å²) >= 11 is 0. The van der Waals surface area contributed by atoms with E-state index >= 15 is 0 Å². The van der Waals surface area contributed by atoms with E-state index < -0.39 is 10.0 Å². The molecule has 210 valence electrons. The van der Waals surface area contributed by atoms with E-state index in [0.29, 0.717) is 0 Å². The summed E-state index contributed by atoms with van der Waals surface area (Å²) in [6.45, 7) is 1.94. The molecule has 5 aromatic carbocycles. The normalized spacial score (nSPS) is 11.8. The van der Waals surface area contributed by atoms with Gasteiger partial charge in [0.15, 0.2) is 0 Å². The maximum absolute atomic E-state index is 14.0. The molecule has 2 heterocycles. The van der Waals surface area contributed by atoms with Crippen LogP contribution < -0.4 is 4.83 Å². The molecule has 0 unspecified atom stereocenters. The van der Waals surface area contributed by atoms with E-state index in [1.807, 2.05) is 104 Å². The smallest absolute Gasteiger partial charge is 0.256 e. The minimum atomic E-state index is -3.96. The van der Waals surface area contributed by atoms with E-state index in [0.717, 1.165) is 55.7 Å². The molecule has 6 heteroatoms. The van der Waals surface area contributed by atoms with Crippen LogP contribution in [0.25, 0.3) is 33.3 Å². The third-order valence-electron chi connectivity index (χ3n) is 7.84. The largest absolute Gasteiger partial charge is 0.275 e. The lowest BCUT2D eigenvalue weighted by atomic mass is 9.83. The molecule has 2 aliphatic heterocycles. The Morgan fingerprint density at radius 1 is 0.674 bits per heavy atom. The van der Waals surface area contributed by atoms with Crippen molar-refractivity contribution in [2.45, 2.75) is 17.7 Å². The van der Waals surface area contributed by atoms with Crippen LogP contribution in [0, 0.1) is 6.92 Å². The van der Waals surface area contributed by atoms with Gasteiger partial charge in [-0.1, -0.05) is 127 Å². The highest BCUT2D eigenvalue weighted by Gasteiger charge is 2.31. The van der Waals surface area contributed by atoms with Gasteiger partial charge in [0.25, 0.3) is 10.0 Å². The van der Waals surface area contributed by atoms with Crippen LogP contribution in [0.5, 0.6) is 0 Å². The number of aryl methyl sites for hydroxylation is 1. The van der Waals surface area contributed by atoms with Crippen LogP contribution in [0.15, 0.2) is 151 Å². The Kier molecular flexibility index (Phi) is 6.76. The number of nitrogens with one attached hydrogen (secondary N) is 1. The van der Waals surface area contributed by atoms with Crippen LogP contribution >= 0.6 is 0 Å². The zero-order valence-corrected chi connectivity index (χ0v) is 24.4. The van der Waals surface area contributed by atoms with Crippen molar-refractivity contribution in [3.05, 3.63) is 168 Å². The zero-order chi connectivity index (χ0) is 29.4. The Morgan fingerprint density at radius 2 is 1.23 bits per heavy atom. The van der Waals surface area contributed by atoms with E-state index in [-0.39, 0.29) is 10.8 Å². The van der Waals surface area contributed by atoms with Crippen molar-refractivity contribution in [1.29, 1.82) is 0 Å². The summed E-state index contributed by atoms with van der Waals surface area (Å²) in [6, 6.07) is 45.4. The van der Waals surface area contributed by atoms with Crippen molar-refractivity contribution >= 4 is 20.9 Å². The summed E-state index contributed by atoms with van der Waals surface area (Å²) in [7, 11) is -3.96. The Balaban J connectivity index is 1.61. The third-order valence-corrected chi connectivity index (χ3v) is 9.17. The fraction of sp³-hybridized carbons (Fsp3) is 0.0541. The molecule has 5 nitrogen and oxygen atoms in total. The Labute approximate surface area is 251 Å². The van der Waals surface area contributed by atoms with Crippen LogP contribution in [-0.4, -0.2) is 18.1 Å². The number of sulfonamides is 1. The number of hydrogen-bond acceptors (Lipinski definition) is 3. The summed E-state index contributed by atoms with van der Waals surface area (Å²) in [4.78, 5) is 8.29. The molecule has 2 aliphatic rings. The van der Waals surface area contributed by atoms with Gasteiger partial charge in [0, 0.05) is 22.7 Å². The summed E-state index contributed by atoms with van der Waals surface area (Å²) in [5.41, 5.74) is 8.20. The van der Waals surface area contributed by atoms with Crippen LogP contribution in [-0.2, 0) is 10.0 Å². The lowest BCUT2D eigenvalue weighted by Gasteiger charge is -2.29. The molecule has 1 N–H and O–H groups in total. The molecular formula is C37H29N3O2S. The molecule has 0 atom stereocenters. The first-order valence-corrected chi connectivity index (χ1v) is 15.7. The average Bonchev–Trinajstić information content (AvgIpc) is 3.41. The highest BCUT2D eigenvalue weighted by Crippen LogP contribution is 2.45. The molecule has 0 fully saturated rings. The topological polar surface area (TPSA) is 64.0 Å². The fourth-order valence-electron chi connectivity index (χ4n) is 5.82. The first-order chi connectivity index (χ1) is 21.0. The molecule has 0 aliphatic carbocycles. The maximum Gasteiger partial charge on any atom is 0.275 e. The molecule has 0 spiro atoms. The highest BCUT2D eigenvalue weighted by atomic mass is 32.2. The number of nitrogens with zero attached hydrogens (tertiary/aromatic N) is 2. The first kappa shape index (κ1) is 26.7. The van der Waals surface area contributed by atoms with Gasteiger partial charge in [-0.15, -0.1) is 0 Å². The summed E-state index contributed by atoms with van der Waals surface area (Å²) in [5.74, 6) is -0.317. The van der Waals surface area contributed by atoms with Gasteiger partial charge in [0.05, 0.1) is 27.7 Å². The number of benzene rings is 5. The lowest BCUT2D eigenvalue weighted by Crippen LogP contribution is -2.28. The molecule has 43 heavy (non-hydrogen) atoms. The van der Waals surface area contributed by atoms with Crippen LogP contribution in [0.2, 0.25) is 0 Å². The van der Waals surface area contributed by atoms with Gasteiger partial charge < -0.3 is 0 Å². The number of rotatable bonds is 7. The van der Waals surface area contributed by atoms with Gasteiger partial charge in [-0.25, -0.2) is 9.82 Å². The van der Waals surface area contributed by atoms with Crippen LogP contribution in [0.4, 0.5) is 0 Å². The van der Waals surface area contributed by atoms with Crippen molar-refractivity contribution in [2.24, 2.45) is 0 Å². The Hall–Kier alpha value is -5.20. The lowest BCUT2D eigenvalue weighted by molar-refractivity contribution is 0.593. The van der Waals surface area contributed by atoms with Crippen molar-refractivity contribution < 1.29 is 8.42 Å². The quantitative estimate of drug-likeness (QED) is 0.207. The molecule has 0 saturated heterocycles. The number of fused-ring (bicyclic) bond motifs is 3. The monoisotopic (exact) mass is 579 g/mol. The molecule has 7 rings (SSSR count). The van der Waals surface area contributed by atoms with Gasteiger partial charge in [-0.2, -0.15) is 8.42 Å².